The predicted molar refractivity (Wildman–Crippen MR) is 104 cm³/mol. The Morgan fingerprint density at radius 3 is 2.52 bits per heavy atom. The minimum absolute atomic E-state index is 0.0899. The summed E-state index contributed by atoms with van der Waals surface area (Å²) in [4.78, 5) is 12.2. The molecule has 0 radical (unpaired) electrons. The lowest BCUT2D eigenvalue weighted by Crippen LogP contribution is -2.23. The van der Waals surface area contributed by atoms with E-state index in [1.807, 2.05) is 36.7 Å². The van der Waals surface area contributed by atoms with Crippen LogP contribution in [-0.4, -0.2) is 15.7 Å². The van der Waals surface area contributed by atoms with Gasteiger partial charge < -0.3 is 5.32 Å². The molecule has 3 aromatic rings. The van der Waals surface area contributed by atoms with Gasteiger partial charge in [-0.15, -0.1) is 0 Å². The zero-order valence-electron chi connectivity index (χ0n) is 15.7. The van der Waals surface area contributed by atoms with Crippen molar-refractivity contribution < 1.29 is 9.18 Å². The van der Waals surface area contributed by atoms with E-state index >= 15 is 0 Å². The molecule has 1 aromatic heterocycles. The number of aromatic nitrogens is 2. The number of carbonyl (C=O) groups is 1. The Hall–Kier alpha value is -2.95. The van der Waals surface area contributed by atoms with Crippen LogP contribution in [0.4, 0.5) is 4.39 Å². The molecule has 0 atom stereocenters. The smallest absolute Gasteiger partial charge is 0.220 e. The molecule has 0 saturated carbocycles. The van der Waals surface area contributed by atoms with Gasteiger partial charge in [-0.05, 0) is 37.5 Å². The largest absolute Gasteiger partial charge is 0.352 e. The van der Waals surface area contributed by atoms with E-state index in [-0.39, 0.29) is 18.1 Å². The zero-order valence-corrected chi connectivity index (χ0v) is 15.7. The van der Waals surface area contributed by atoms with Gasteiger partial charge in [-0.2, -0.15) is 5.10 Å². The first-order chi connectivity index (χ1) is 13.0. The third kappa shape index (κ3) is 4.82. The van der Waals surface area contributed by atoms with Crippen molar-refractivity contribution in [3.05, 3.63) is 88.5 Å². The summed E-state index contributed by atoms with van der Waals surface area (Å²) >= 11 is 0. The lowest BCUT2D eigenvalue weighted by Gasteiger charge is -2.08. The number of amides is 1. The van der Waals surface area contributed by atoms with Crippen molar-refractivity contribution in [1.29, 1.82) is 0 Å². The molecule has 5 heteroatoms. The molecule has 0 spiro atoms. The summed E-state index contributed by atoms with van der Waals surface area (Å²) < 4.78 is 15.6. The second kappa shape index (κ2) is 8.62. The van der Waals surface area contributed by atoms with E-state index in [4.69, 9.17) is 0 Å². The number of aryl methyl sites for hydroxylation is 2. The van der Waals surface area contributed by atoms with Gasteiger partial charge in [-0.3, -0.25) is 9.48 Å². The lowest BCUT2D eigenvalue weighted by molar-refractivity contribution is -0.121. The number of nitrogens with zero attached hydrogens (tertiary/aromatic N) is 2. The van der Waals surface area contributed by atoms with Crippen LogP contribution in [0.2, 0.25) is 0 Å². The number of halogens is 1. The van der Waals surface area contributed by atoms with Gasteiger partial charge in [0.25, 0.3) is 0 Å². The van der Waals surface area contributed by atoms with Crippen LogP contribution in [0, 0.1) is 19.7 Å². The monoisotopic (exact) mass is 365 g/mol. The van der Waals surface area contributed by atoms with Crippen LogP contribution >= 0.6 is 0 Å². The highest BCUT2D eigenvalue weighted by molar-refractivity contribution is 5.76. The molecule has 1 heterocycles. The first kappa shape index (κ1) is 18.8. The summed E-state index contributed by atoms with van der Waals surface area (Å²) in [5.41, 5.74) is 4.74. The summed E-state index contributed by atoms with van der Waals surface area (Å²) in [6.07, 6.45) is 0.654. The Balaban J connectivity index is 1.57. The molecule has 0 aliphatic rings. The summed E-state index contributed by atoms with van der Waals surface area (Å²) in [6, 6.07) is 16.7. The van der Waals surface area contributed by atoms with E-state index in [0.29, 0.717) is 25.1 Å². The Labute approximate surface area is 159 Å². The molecule has 1 N–H and O–H groups in total. The fraction of sp³-hybridized carbons (Fsp3) is 0.273. The molecule has 140 valence electrons. The summed E-state index contributed by atoms with van der Waals surface area (Å²) in [5, 5.41) is 7.54. The van der Waals surface area contributed by atoms with Crippen molar-refractivity contribution in [3.63, 3.8) is 0 Å². The van der Waals surface area contributed by atoms with E-state index in [1.54, 1.807) is 18.2 Å². The van der Waals surface area contributed by atoms with Gasteiger partial charge in [0.1, 0.15) is 5.82 Å². The van der Waals surface area contributed by atoms with Gasteiger partial charge >= 0.3 is 0 Å². The van der Waals surface area contributed by atoms with E-state index in [0.717, 1.165) is 17.0 Å². The highest BCUT2D eigenvalue weighted by Gasteiger charge is 2.13. The number of hydrogen-bond donors (Lipinski definition) is 1. The van der Waals surface area contributed by atoms with Crippen LogP contribution in [0.1, 0.15) is 34.5 Å². The number of carbonyl (C=O) groups excluding carboxylic acids is 1. The molecule has 0 aliphatic carbocycles. The maximum absolute atomic E-state index is 13.6. The molecule has 2 aromatic carbocycles. The van der Waals surface area contributed by atoms with E-state index in [2.05, 4.69) is 22.5 Å². The number of hydrogen-bond acceptors (Lipinski definition) is 2. The molecule has 4 nitrogen and oxygen atoms in total. The van der Waals surface area contributed by atoms with E-state index in [1.165, 1.54) is 11.6 Å². The van der Waals surface area contributed by atoms with Gasteiger partial charge in [0.15, 0.2) is 0 Å². The summed E-state index contributed by atoms with van der Waals surface area (Å²) in [6.45, 7) is 5.11. The molecule has 0 aliphatic heterocycles. The minimum atomic E-state index is -0.265. The van der Waals surface area contributed by atoms with Gasteiger partial charge in [-0.25, -0.2) is 4.39 Å². The van der Waals surface area contributed by atoms with Gasteiger partial charge in [0, 0.05) is 24.2 Å². The highest BCUT2D eigenvalue weighted by atomic mass is 19.1. The van der Waals surface area contributed by atoms with Crippen LogP contribution < -0.4 is 5.32 Å². The van der Waals surface area contributed by atoms with Crippen molar-refractivity contribution in [1.82, 2.24) is 15.1 Å². The average Bonchev–Trinajstić information content (AvgIpc) is 2.93. The Morgan fingerprint density at radius 2 is 1.78 bits per heavy atom. The van der Waals surface area contributed by atoms with Crippen LogP contribution in [0.15, 0.2) is 54.6 Å². The fourth-order valence-corrected chi connectivity index (χ4v) is 3.12. The van der Waals surface area contributed by atoms with E-state index in [9.17, 15) is 9.18 Å². The third-order valence-electron chi connectivity index (χ3n) is 4.75. The van der Waals surface area contributed by atoms with Crippen LogP contribution in [0.3, 0.4) is 0 Å². The summed E-state index contributed by atoms with van der Waals surface area (Å²) in [7, 11) is 0. The predicted octanol–water partition coefficient (Wildman–Crippen LogP) is 3.94. The van der Waals surface area contributed by atoms with Crippen molar-refractivity contribution in [2.75, 3.05) is 0 Å². The number of nitrogens with one attached hydrogen (secondary N) is 1. The number of benzene rings is 2. The summed E-state index contributed by atoms with van der Waals surface area (Å²) in [5.74, 6) is -0.355. The maximum atomic E-state index is 13.6. The van der Waals surface area contributed by atoms with Gasteiger partial charge in [-0.1, -0.05) is 48.5 Å². The highest BCUT2D eigenvalue weighted by Crippen LogP contribution is 2.15. The Morgan fingerprint density at radius 1 is 1.07 bits per heavy atom. The molecule has 0 saturated heterocycles. The number of rotatable bonds is 7. The van der Waals surface area contributed by atoms with Gasteiger partial charge in [0.2, 0.25) is 5.91 Å². The maximum Gasteiger partial charge on any atom is 0.220 e. The van der Waals surface area contributed by atoms with Crippen molar-refractivity contribution in [2.45, 2.75) is 39.8 Å². The second-order valence-corrected chi connectivity index (χ2v) is 6.66. The average molecular weight is 365 g/mol. The van der Waals surface area contributed by atoms with Crippen LogP contribution in [0.5, 0.6) is 0 Å². The lowest BCUT2D eigenvalue weighted by atomic mass is 10.1. The molecular weight excluding hydrogens is 341 g/mol. The van der Waals surface area contributed by atoms with Crippen molar-refractivity contribution in [3.8, 4) is 0 Å². The standard InChI is InChI=1S/C22H24FN3O/c1-16-20(17(2)26(25-16)15-18-8-4-3-5-9-18)14-24-22(27)13-12-19-10-6-7-11-21(19)23/h3-11H,12-15H2,1-2H3,(H,24,27). The topological polar surface area (TPSA) is 46.9 Å². The zero-order chi connectivity index (χ0) is 19.2. The van der Waals surface area contributed by atoms with Crippen LogP contribution in [-0.2, 0) is 24.3 Å². The molecule has 0 unspecified atom stereocenters. The van der Waals surface area contributed by atoms with Gasteiger partial charge in [0.05, 0.1) is 12.2 Å². The SMILES string of the molecule is Cc1nn(Cc2ccccc2)c(C)c1CNC(=O)CCc1ccccc1F. The first-order valence-corrected chi connectivity index (χ1v) is 9.11. The quantitative estimate of drug-likeness (QED) is 0.689. The normalized spacial score (nSPS) is 10.8. The third-order valence-corrected chi connectivity index (χ3v) is 4.75. The molecule has 3 rings (SSSR count). The molecule has 0 bridgehead atoms. The molecule has 0 fully saturated rings. The Bertz CT molecular complexity index is 919. The molecule has 1 amide bonds. The Kier molecular flexibility index (Phi) is 6.01. The van der Waals surface area contributed by atoms with Crippen molar-refractivity contribution >= 4 is 5.91 Å². The van der Waals surface area contributed by atoms with Crippen molar-refractivity contribution in [2.24, 2.45) is 0 Å². The minimum Gasteiger partial charge on any atom is -0.352 e. The second-order valence-electron chi connectivity index (χ2n) is 6.66. The molecular formula is C22H24FN3O. The van der Waals surface area contributed by atoms with Crippen LogP contribution in [0.25, 0.3) is 0 Å². The fourth-order valence-electron chi connectivity index (χ4n) is 3.12. The molecule has 27 heavy (non-hydrogen) atoms. The van der Waals surface area contributed by atoms with E-state index < -0.39 is 0 Å². The first-order valence-electron chi connectivity index (χ1n) is 9.11.